The first-order valence-corrected chi connectivity index (χ1v) is 10.8. The lowest BCUT2D eigenvalue weighted by atomic mass is 10.1. The second-order valence-electron chi connectivity index (χ2n) is 6.68. The van der Waals surface area contributed by atoms with Crippen molar-refractivity contribution < 1.29 is 14.3 Å². The van der Waals surface area contributed by atoms with E-state index in [-0.39, 0.29) is 12.2 Å². The number of carbonyl (C=O) groups is 2. The maximum atomic E-state index is 12.9. The van der Waals surface area contributed by atoms with Crippen molar-refractivity contribution in [2.24, 2.45) is 0 Å². The van der Waals surface area contributed by atoms with Gasteiger partial charge in [-0.25, -0.2) is 5.01 Å². The third kappa shape index (κ3) is 4.77. The van der Waals surface area contributed by atoms with Gasteiger partial charge in [0, 0.05) is 25.6 Å². The lowest BCUT2D eigenvalue weighted by Crippen LogP contribution is -2.35. The van der Waals surface area contributed by atoms with Crippen LogP contribution in [0.1, 0.15) is 11.1 Å². The maximum Gasteiger partial charge on any atom is 0.282 e. The predicted octanol–water partition coefficient (Wildman–Crippen LogP) is 5.80. The predicted molar refractivity (Wildman–Crippen MR) is 125 cm³/mol. The molecule has 31 heavy (non-hydrogen) atoms. The molecule has 3 aromatic carbocycles. The minimum absolute atomic E-state index is 0.0105. The number of amides is 2. The third-order valence-corrected chi connectivity index (χ3v) is 5.66. The van der Waals surface area contributed by atoms with Crippen LogP contribution in [0.5, 0.6) is 5.75 Å². The average molecular weight is 518 g/mol. The van der Waals surface area contributed by atoms with E-state index in [0.717, 1.165) is 10.0 Å². The Kier molecular flexibility index (Phi) is 6.32. The van der Waals surface area contributed by atoms with E-state index < -0.39 is 11.8 Å². The number of para-hydroxylation sites is 1. The molecule has 5 nitrogen and oxygen atoms in total. The smallest absolute Gasteiger partial charge is 0.282 e. The quantitative estimate of drug-likeness (QED) is 0.344. The molecular weight excluding hydrogens is 503 g/mol. The summed E-state index contributed by atoms with van der Waals surface area (Å²) in [6, 6.07) is 19.4. The molecule has 2 amide bonds. The molecule has 0 radical (unpaired) electrons. The van der Waals surface area contributed by atoms with Gasteiger partial charge in [-0.1, -0.05) is 63.4 Å². The Morgan fingerprint density at radius 3 is 2.52 bits per heavy atom. The van der Waals surface area contributed by atoms with Gasteiger partial charge < -0.3 is 4.74 Å². The molecule has 4 rings (SSSR count). The summed E-state index contributed by atoms with van der Waals surface area (Å²) in [7, 11) is 0. The van der Waals surface area contributed by atoms with E-state index in [1.165, 1.54) is 11.1 Å². The monoisotopic (exact) mass is 516 g/mol. The zero-order valence-corrected chi connectivity index (χ0v) is 19.0. The van der Waals surface area contributed by atoms with Crippen LogP contribution in [0.25, 0.3) is 6.08 Å². The normalized spacial score (nSPS) is 14.8. The van der Waals surface area contributed by atoms with Crippen LogP contribution >= 0.6 is 39.1 Å². The lowest BCUT2D eigenvalue weighted by molar-refractivity contribution is -0.117. The topological polar surface area (TPSA) is 58.6 Å². The summed E-state index contributed by atoms with van der Waals surface area (Å²) in [4.78, 5) is 25.4. The standard InChI is InChI=1S/C23H15BrCl2N2O3/c24-16-7-9-21(31-13-14-6-8-17(25)12-20(14)26)15(10-16)11-19-22(29)27-28(23(19)30)18-4-2-1-3-5-18/h1-12H,13H2,(H,27,29)/b19-11-. The Morgan fingerprint density at radius 1 is 1.00 bits per heavy atom. The average Bonchev–Trinajstić information content (AvgIpc) is 3.03. The molecule has 0 aliphatic carbocycles. The van der Waals surface area contributed by atoms with Crippen LogP contribution in [0.3, 0.4) is 0 Å². The molecule has 1 fully saturated rings. The first-order valence-electron chi connectivity index (χ1n) is 9.21. The number of hydrazine groups is 1. The first-order chi connectivity index (χ1) is 14.9. The molecule has 0 saturated carbocycles. The fourth-order valence-corrected chi connectivity index (χ4v) is 3.87. The summed E-state index contributed by atoms with van der Waals surface area (Å²) in [5.41, 5.74) is 4.51. The van der Waals surface area contributed by atoms with E-state index in [4.69, 9.17) is 27.9 Å². The van der Waals surface area contributed by atoms with E-state index in [1.54, 1.807) is 54.6 Å². The van der Waals surface area contributed by atoms with Gasteiger partial charge in [-0.3, -0.25) is 15.0 Å². The molecule has 1 saturated heterocycles. The van der Waals surface area contributed by atoms with E-state index in [1.807, 2.05) is 12.1 Å². The van der Waals surface area contributed by atoms with Gasteiger partial charge in [0.1, 0.15) is 17.9 Å². The number of rotatable bonds is 5. The summed E-state index contributed by atoms with van der Waals surface area (Å²) in [6.07, 6.45) is 1.52. The number of nitrogens with one attached hydrogen (secondary N) is 1. The van der Waals surface area contributed by atoms with Crippen molar-refractivity contribution in [3.8, 4) is 5.75 Å². The zero-order chi connectivity index (χ0) is 22.0. The second kappa shape index (κ2) is 9.14. The van der Waals surface area contributed by atoms with Gasteiger partial charge in [-0.15, -0.1) is 0 Å². The lowest BCUT2D eigenvalue weighted by Gasteiger charge is -2.14. The molecule has 3 aromatic rings. The third-order valence-electron chi connectivity index (χ3n) is 4.58. The number of anilines is 1. The molecule has 156 valence electrons. The van der Waals surface area contributed by atoms with Gasteiger partial charge in [0.05, 0.1) is 5.69 Å². The highest BCUT2D eigenvalue weighted by molar-refractivity contribution is 9.10. The summed E-state index contributed by atoms with van der Waals surface area (Å²) >= 11 is 15.6. The van der Waals surface area contributed by atoms with Crippen molar-refractivity contribution in [3.63, 3.8) is 0 Å². The Bertz CT molecular complexity index is 1200. The first kappa shape index (κ1) is 21.4. The molecule has 0 unspecified atom stereocenters. The fourth-order valence-electron chi connectivity index (χ4n) is 3.03. The number of hydrogen-bond donors (Lipinski definition) is 1. The summed E-state index contributed by atoms with van der Waals surface area (Å²) < 4.78 is 6.72. The zero-order valence-electron chi connectivity index (χ0n) is 15.9. The maximum absolute atomic E-state index is 12.9. The van der Waals surface area contributed by atoms with E-state index in [2.05, 4.69) is 21.4 Å². The molecule has 0 atom stereocenters. The minimum atomic E-state index is -0.486. The number of carbonyl (C=O) groups excluding carboxylic acids is 2. The number of hydrogen-bond acceptors (Lipinski definition) is 3. The van der Waals surface area contributed by atoms with Crippen molar-refractivity contribution in [3.05, 3.63) is 97.9 Å². The van der Waals surface area contributed by atoms with Gasteiger partial charge in [0.25, 0.3) is 11.8 Å². The van der Waals surface area contributed by atoms with Crippen LogP contribution in [0, 0.1) is 0 Å². The summed E-state index contributed by atoms with van der Waals surface area (Å²) in [5, 5.41) is 2.25. The van der Waals surface area contributed by atoms with Crippen LogP contribution in [0.15, 0.2) is 76.8 Å². The highest BCUT2D eigenvalue weighted by Crippen LogP contribution is 2.30. The van der Waals surface area contributed by atoms with Crippen molar-refractivity contribution in [1.29, 1.82) is 0 Å². The van der Waals surface area contributed by atoms with Crippen LogP contribution < -0.4 is 15.2 Å². The largest absolute Gasteiger partial charge is 0.488 e. The van der Waals surface area contributed by atoms with E-state index in [0.29, 0.717) is 27.0 Å². The van der Waals surface area contributed by atoms with Crippen LogP contribution in [0.4, 0.5) is 5.69 Å². The van der Waals surface area contributed by atoms with E-state index in [9.17, 15) is 9.59 Å². The molecular formula is C23H15BrCl2N2O3. The molecule has 1 N–H and O–H groups in total. The molecule has 1 heterocycles. The van der Waals surface area contributed by atoms with Crippen molar-refractivity contribution >= 4 is 62.7 Å². The number of benzene rings is 3. The Morgan fingerprint density at radius 2 is 1.77 bits per heavy atom. The van der Waals surface area contributed by atoms with Gasteiger partial charge in [0.15, 0.2) is 0 Å². The van der Waals surface area contributed by atoms with Crippen LogP contribution in [-0.2, 0) is 16.2 Å². The van der Waals surface area contributed by atoms with Crippen LogP contribution in [0.2, 0.25) is 10.0 Å². The molecule has 1 aliphatic rings. The second-order valence-corrected chi connectivity index (χ2v) is 8.44. The van der Waals surface area contributed by atoms with Crippen molar-refractivity contribution in [2.75, 3.05) is 5.01 Å². The van der Waals surface area contributed by atoms with Gasteiger partial charge in [0.2, 0.25) is 0 Å². The Hall–Kier alpha value is -2.80. The van der Waals surface area contributed by atoms with Crippen molar-refractivity contribution in [2.45, 2.75) is 6.61 Å². The van der Waals surface area contributed by atoms with Gasteiger partial charge in [-0.2, -0.15) is 0 Å². The number of ether oxygens (including phenoxy) is 1. The highest BCUT2D eigenvalue weighted by Gasteiger charge is 2.34. The Balaban J connectivity index is 1.62. The fraction of sp³-hybridized carbons (Fsp3) is 0.0435. The molecule has 0 spiro atoms. The summed E-state index contributed by atoms with van der Waals surface area (Å²) in [5.74, 6) is -0.427. The molecule has 0 bridgehead atoms. The molecule has 8 heteroatoms. The van der Waals surface area contributed by atoms with Crippen molar-refractivity contribution in [1.82, 2.24) is 5.43 Å². The van der Waals surface area contributed by atoms with Gasteiger partial charge >= 0.3 is 0 Å². The molecule has 1 aliphatic heterocycles. The van der Waals surface area contributed by atoms with Crippen LogP contribution in [-0.4, -0.2) is 11.8 Å². The summed E-state index contributed by atoms with van der Waals surface area (Å²) in [6.45, 7) is 0.199. The SMILES string of the molecule is O=C1NN(c2ccccc2)C(=O)/C1=C\c1cc(Br)ccc1OCc1ccc(Cl)cc1Cl. The number of halogens is 3. The molecule has 0 aromatic heterocycles. The van der Waals surface area contributed by atoms with E-state index >= 15 is 0 Å². The van der Waals surface area contributed by atoms with Gasteiger partial charge in [-0.05, 0) is 48.5 Å². The Labute approximate surface area is 197 Å². The minimum Gasteiger partial charge on any atom is -0.488 e. The highest BCUT2D eigenvalue weighted by atomic mass is 79.9. The number of nitrogens with zero attached hydrogens (tertiary/aromatic N) is 1.